The Morgan fingerprint density at radius 2 is 1.73 bits per heavy atom. The average Bonchev–Trinajstić information content (AvgIpc) is 2.44. The Balaban J connectivity index is 3.74. The van der Waals surface area contributed by atoms with Crippen molar-refractivity contribution in [1.82, 2.24) is 0 Å². The van der Waals surface area contributed by atoms with Crippen LogP contribution in [-0.2, 0) is 4.74 Å². The van der Waals surface area contributed by atoms with E-state index in [-0.39, 0.29) is 0 Å². The van der Waals surface area contributed by atoms with Gasteiger partial charge in [-0.25, -0.2) is 0 Å². The topological polar surface area (TPSA) is 9.23 Å². The summed E-state index contributed by atoms with van der Waals surface area (Å²) in [5, 5.41) is 0. The van der Waals surface area contributed by atoms with Gasteiger partial charge >= 0.3 is 6.18 Å². The average molecular weight is 316 g/mol. The zero-order valence-corrected chi connectivity index (χ0v) is 13.6. The van der Waals surface area contributed by atoms with E-state index in [9.17, 15) is 13.2 Å². The van der Waals surface area contributed by atoms with Crippen molar-refractivity contribution in [2.45, 2.75) is 58.5 Å². The number of hydrogen-bond acceptors (Lipinski definition) is 1. The highest BCUT2D eigenvalue weighted by Crippen LogP contribution is 2.24. The van der Waals surface area contributed by atoms with Crippen LogP contribution in [0, 0.1) is 0 Å². The number of unbranched alkanes of at least 4 members (excludes halogenated alkanes) is 4. The number of rotatable bonds is 11. The molecule has 0 heterocycles. The van der Waals surface area contributed by atoms with Crippen molar-refractivity contribution in [2.75, 3.05) is 6.61 Å². The zero-order valence-electron chi connectivity index (χ0n) is 13.6. The number of ether oxygens (including phenoxy) is 1. The van der Waals surface area contributed by atoms with Gasteiger partial charge in [-0.15, -0.1) is 0 Å². The third kappa shape index (κ3) is 12.3. The minimum atomic E-state index is -4.28. The molecule has 0 N–H and O–H groups in total. The standard InChI is InChI=1S/C18H27F3O/c1-4-5-6-7-8-9-10-11-15-22-17(3)14-12-13-16(2)18(19,20)21/h8-9,12-14H,3-7,10-11,15H2,1-2H3/b9-8+,14-12-,16-13+. The van der Waals surface area contributed by atoms with Gasteiger partial charge in [-0.3, -0.25) is 0 Å². The second kappa shape index (κ2) is 12.1. The molecule has 0 aliphatic rings. The van der Waals surface area contributed by atoms with Crippen molar-refractivity contribution in [2.24, 2.45) is 0 Å². The summed E-state index contributed by atoms with van der Waals surface area (Å²) in [5.41, 5.74) is -0.648. The lowest BCUT2D eigenvalue weighted by Crippen LogP contribution is -2.08. The van der Waals surface area contributed by atoms with Crippen molar-refractivity contribution in [3.05, 3.63) is 48.3 Å². The first-order chi connectivity index (χ1) is 10.4. The van der Waals surface area contributed by atoms with Gasteiger partial charge in [0.15, 0.2) is 0 Å². The Hall–Kier alpha value is -1.45. The van der Waals surface area contributed by atoms with Gasteiger partial charge in [-0.1, -0.05) is 50.6 Å². The Bertz CT molecular complexity index is 390. The van der Waals surface area contributed by atoms with Crippen molar-refractivity contribution >= 4 is 0 Å². The summed E-state index contributed by atoms with van der Waals surface area (Å²) in [6.07, 6.45) is 10.5. The molecule has 0 radical (unpaired) electrons. The molecule has 0 aromatic carbocycles. The van der Waals surface area contributed by atoms with Crippen LogP contribution in [-0.4, -0.2) is 12.8 Å². The van der Waals surface area contributed by atoms with Crippen molar-refractivity contribution in [3.8, 4) is 0 Å². The number of alkyl halides is 3. The summed E-state index contributed by atoms with van der Waals surface area (Å²) >= 11 is 0. The van der Waals surface area contributed by atoms with Gasteiger partial charge in [-0.05, 0) is 38.7 Å². The quantitative estimate of drug-likeness (QED) is 0.183. The molecule has 0 bridgehead atoms. The van der Waals surface area contributed by atoms with E-state index in [0.29, 0.717) is 12.4 Å². The van der Waals surface area contributed by atoms with Crippen LogP contribution in [0.5, 0.6) is 0 Å². The Morgan fingerprint density at radius 1 is 1.09 bits per heavy atom. The molecule has 0 aliphatic heterocycles. The molecule has 4 heteroatoms. The van der Waals surface area contributed by atoms with E-state index in [4.69, 9.17) is 4.74 Å². The zero-order chi connectivity index (χ0) is 16.8. The SMILES string of the molecule is C=C(/C=C\C=C(/C)C(F)(F)F)OCCC/C=C/CCCCC. The summed E-state index contributed by atoms with van der Waals surface area (Å²) in [4.78, 5) is 0. The van der Waals surface area contributed by atoms with Crippen LogP contribution in [0.25, 0.3) is 0 Å². The third-order valence-corrected chi connectivity index (χ3v) is 3.02. The maximum atomic E-state index is 12.2. The van der Waals surface area contributed by atoms with Gasteiger partial charge in [-0.2, -0.15) is 13.2 Å². The lowest BCUT2D eigenvalue weighted by molar-refractivity contribution is -0.0913. The van der Waals surface area contributed by atoms with Crippen LogP contribution < -0.4 is 0 Å². The predicted octanol–water partition coefficient (Wildman–Crippen LogP) is 6.50. The van der Waals surface area contributed by atoms with Gasteiger partial charge in [0, 0.05) is 5.57 Å². The maximum absolute atomic E-state index is 12.2. The van der Waals surface area contributed by atoms with Crippen LogP contribution in [0.2, 0.25) is 0 Å². The van der Waals surface area contributed by atoms with Gasteiger partial charge in [0.05, 0.1) is 6.61 Å². The van der Waals surface area contributed by atoms with Crippen LogP contribution in [0.4, 0.5) is 13.2 Å². The lowest BCUT2D eigenvalue weighted by Gasteiger charge is -2.05. The smallest absolute Gasteiger partial charge is 0.412 e. The maximum Gasteiger partial charge on any atom is 0.412 e. The lowest BCUT2D eigenvalue weighted by atomic mass is 10.2. The van der Waals surface area contributed by atoms with Gasteiger partial charge in [0.25, 0.3) is 0 Å². The summed E-state index contributed by atoms with van der Waals surface area (Å²) < 4.78 is 42.0. The molecule has 0 aromatic rings. The molecule has 0 unspecified atom stereocenters. The first-order valence-corrected chi connectivity index (χ1v) is 7.76. The van der Waals surface area contributed by atoms with Gasteiger partial charge < -0.3 is 4.74 Å². The highest BCUT2D eigenvalue weighted by Gasteiger charge is 2.29. The Kier molecular flexibility index (Phi) is 11.3. The number of allylic oxidation sites excluding steroid dienone is 6. The molecule has 0 spiro atoms. The minimum Gasteiger partial charge on any atom is -0.494 e. The van der Waals surface area contributed by atoms with E-state index in [0.717, 1.165) is 32.3 Å². The van der Waals surface area contributed by atoms with Gasteiger partial charge in [0.2, 0.25) is 0 Å². The summed E-state index contributed by atoms with van der Waals surface area (Å²) in [7, 11) is 0. The first kappa shape index (κ1) is 20.6. The molecule has 1 nitrogen and oxygen atoms in total. The van der Waals surface area contributed by atoms with E-state index < -0.39 is 11.7 Å². The minimum absolute atomic E-state index is 0.373. The summed E-state index contributed by atoms with van der Waals surface area (Å²) in [6, 6.07) is 0. The second-order valence-electron chi connectivity index (χ2n) is 5.13. The molecule has 0 saturated carbocycles. The molecule has 0 amide bonds. The van der Waals surface area contributed by atoms with Crippen molar-refractivity contribution in [1.29, 1.82) is 0 Å². The van der Waals surface area contributed by atoms with E-state index in [1.165, 1.54) is 31.4 Å². The van der Waals surface area contributed by atoms with Crippen molar-refractivity contribution in [3.63, 3.8) is 0 Å². The fourth-order valence-corrected chi connectivity index (χ4v) is 1.59. The molecule has 0 fully saturated rings. The van der Waals surface area contributed by atoms with Crippen molar-refractivity contribution < 1.29 is 17.9 Å². The van der Waals surface area contributed by atoms with Crippen LogP contribution in [0.1, 0.15) is 52.4 Å². The highest BCUT2D eigenvalue weighted by atomic mass is 19.4. The first-order valence-electron chi connectivity index (χ1n) is 7.76. The largest absolute Gasteiger partial charge is 0.494 e. The third-order valence-electron chi connectivity index (χ3n) is 3.02. The van der Waals surface area contributed by atoms with E-state index >= 15 is 0 Å². The Morgan fingerprint density at radius 3 is 2.32 bits per heavy atom. The molecule has 0 atom stereocenters. The summed E-state index contributed by atoms with van der Waals surface area (Å²) in [5.74, 6) is 0.373. The van der Waals surface area contributed by atoms with E-state index in [2.05, 4.69) is 25.7 Å². The molecule has 126 valence electrons. The molecule has 22 heavy (non-hydrogen) atoms. The van der Waals surface area contributed by atoms with Crippen LogP contribution in [0.15, 0.2) is 48.3 Å². The van der Waals surface area contributed by atoms with Crippen LogP contribution in [0.3, 0.4) is 0 Å². The van der Waals surface area contributed by atoms with Gasteiger partial charge in [0.1, 0.15) is 5.76 Å². The highest BCUT2D eigenvalue weighted by molar-refractivity contribution is 5.19. The fourth-order valence-electron chi connectivity index (χ4n) is 1.59. The Labute approximate surface area is 132 Å². The van der Waals surface area contributed by atoms with E-state index in [1.807, 2.05) is 0 Å². The summed E-state index contributed by atoms with van der Waals surface area (Å²) in [6.45, 7) is 7.37. The van der Waals surface area contributed by atoms with Crippen LogP contribution >= 0.6 is 0 Å². The number of halogens is 3. The molecule has 0 aromatic heterocycles. The molecular formula is C18H27F3O. The fraction of sp³-hybridized carbons (Fsp3) is 0.556. The predicted molar refractivity (Wildman–Crippen MR) is 86.6 cm³/mol. The molecule has 0 aliphatic carbocycles. The molecule has 0 rings (SSSR count). The van der Waals surface area contributed by atoms with E-state index in [1.54, 1.807) is 0 Å². The second-order valence-corrected chi connectivity index (χ2v) is 5.13. The number of hydrogen-bond donors (Lipinski definition) is 0. The monoisotopic (exact) mass is 316 g/mol. The molecular weight excluding hydrogens is 289 g/mol. The normalized spacial score (nSPS) is 13.2. The molecule has 0 saturated heterocycles.